The number of aromatic nitrogens is 7. The SMILES string of the molecule is c1ccc2nc(-c3cc(-c4ccc(-c5ccc(-n6c7ccccc7c7ccccc76)cc5)cc4)nc(-c4ncc5ccccc5n4)n3)ncc2c1. The van der Waals surface area contributed by atoms with Crippen LogP contribution in [0.1, 0.15) is 0 Å². The molecule has 6 aromatic carbocycles. The van der Waals surface area contributed by atoms with Crippen molar-refractivity contribution in [3.8, 4) is 51.2 Å². The topological polar surface area (TPSA) is 82.3 Å². The van der Waals surface area contributed by atoms with Gasteiger partial charge in [0.1, 0.15) is 5.69 Å². The van der Waals surface area contributed by atoms with Gasteiger partial charge in [0.15, 0.2) is 17.5 Å². The van der Waals surface area contributed by atoms with Crippen LogP contribution in [0.2, 0.25) is 0 Å². The van der Waals surface area contributed by atoms with Gasteiger partial charge in [0.05, 0.1) is 27.8 Å². The van der Waals surface area contributed by atoms with Crippen molar-refractivity contribution in [3.05, 3.63) is 164 Å². The van der Waals surface area contributed by atoms with Crippen LogP contribution in [-0.4, -0.2) is 34.5 Å². The van der Waals surface area contributed by atoms with Crippen molar-refractivity contribution in [2.24, 2.45) is 0 Å². The molecule has 0 unspecified atom stereocenters. The summed E-state index contributed by atoms with van der Waals surface area (Å²) < 4.78 is 2.33. The zero-order chi connectivity index (χ0) is 33.7. The Morgan fingerprint density at radius 3 is 1.51 bits per heavy atom. The summed E-state index contributed by atoms with van der Waals surface area (Å²) in [6, 6.07) is 52.1. The molecule has 51 heavy (non-hydrogen) atoms. The van der Waals surface area contributed by atoms with E-state index in [1.807, 2.05) is 60.8 Å². The Morgan fingerprint density at radius 2 is 0.863 bits per heavy atom. The van der Waals surface area contributed by atoms with Crippen molar-refractivity contribution < 1.29 is 0 Å². The lowest BCUT2D eigenvalue weighted by Gasteiger charge is -2.11. The van der Waals surface area contributed by atoms with Crippen molar-refractivity contribution in [3.63, 3.8) is 0 Å². The molecule has 4 aromatic heterocycles. The van der Waals surface area contributed by atoms with Gasteiger partial charge in [-0.2, -0.15) is 0 Å². The zero-order valence-electron chi connectivity index (χ0n) is 27.2. The molecule has 0 atom stereocenters. The fourth-order valence-electron chi connectivity index (χ4n) is 6.82. The van der Waals surface area contributed by atoms with Crippen molar-refractivity contribution in [2.45, 2.75) is 0 Å². The molecule has 238 valence electrons. The molecule has 0 saturated carbocycles. The molecule has 0 N–H and O–H groups in total. The number of hydrogen-bond donors (Lipinski definition) is 0. The van der Waals surface area contributed by atoms with Crippen LogP contribution in [0.15, 0.2) is 164 Å². The maximum absolute atomic E-state index is 4.97. The molecule has 0 spiro atoms. The first-order valence-electron chi connectivity index (χ1n) is 16.8. The molecule has 0 aliphatic rings. The normalized spacial score (nSPS) is 11.5. The Morgan fingerprint density at radius 1 is 0.373 bits per heavy atom. The minimum absolute atomic E-state index is 0.412. The van der Waals surface area contributed by atoms with E-state index in [2.05, 4.69) is 112 Å². The third-order valence-electron chi connectivity index (χ3n) is 9.35. The van der Waals surface area contributed by atoms with E-state index in [4.69, 9.17) is 19.9 Å². The van der Waals surface area contributed by atoms with E-state index in [1.165, 1.54) is 21.8 Å². The van der Waals surface area contributed by atoms with E-state index in [0.717, 1.165) is 49.9 Å². The molecule has 0 saturated heterocycles. The van der Waals surface area contributed by atoms with Gasteiger partial charge in [0.25, 0.3) is 0 Å². The average Bonchev–Trinajstić information content (AvgIpc) is 3.55. The molecule has 10 rings (SSSR count). The predicted molar refractivity (Wildman–Crippen MR) is 204 cm³/mol. The van der Waals surface area contributed by atoms with E-state index in [0.29, 0.717) is 23.2 Å². The van der Waals surface area contributed by atoms with E-state index in [9.17, 15) is 0 Å². The third kappa shape index (κ3) is 5.07. The monoisotopic (exact) mass is 653 g/mol. The first-order chi connectivity index (χ1) is 25.2. The fraction of sp³-hybridized carbons (Fsp3) is 0. The fourth-order valence-corrected chi connectivity index (χ4v) is 6.82. The van der Waals surface area contributed by atoms with Crippen LogP contribution < -0.4 is 0 Å². The van der Waals surface area contributed by atoms with Gasteiger partial charge in [0.2, 0.25) is 0 Å². The highest BCUT2D eigenvalue weighted by molar-refractivity contribution is 6.09. The summed E-state index contributed by atoms with van der Waals surface area (Å²) in [5, 5.41) is 4.42. The number of rotatable bonds is 5. The number of nitrogens with zero attached hydrogens (tertiary/aromatic N) is 7. The van der Waals surface area contributed by atoms with Crippen LogP contribution in [0.4, 0.5) is 0 Å². The number of fused-ring (bicyclic) bond motifs is 5. The maximum Gasteiger partial charge on any atom is 0.199 e. The summed E-state index contributed by atoms with van der Waals surface area (Å²) in [4.78, 5) is 28.8. The van der Waals surface area contributed by atoms with Crippen LogP contribution in [-0.2, 0) is 0 Å². The Bertz CT molecular complexity index is 2760. The van der Waals surface area contributed by atoms with Crippen molar-refractivity contribution >= 4 is 43.6 Å². The highest BCUT2D eigenvalue weighted by atomic mass is 15.0. The van der Waals surface area contributed by atoms with Gasteiger partial charge >= 0.3 is 0 Å². The van der Waals surface area contributed by atoms with Gasteiger partial charge in [-0.3, -0.25) is 0 Å². The quantitative estimate of drug-likeness (QED) is 0.184. The van der Waals surface area contributed by atoms with Crippen LogP contribution in [0.25, 0.3) is 94.9 Å². The Labute approximate surface area is 292 Å². The van der Waals surface area contributed by atoms with E-state index >= 15 is 0 Å². The molecule has 0 fully saturated rings. The predicted octanol–water partition coefficient (Wildman–Crippen LogP) is 10.1. The first-order valence-corrected chi connectivity index (χ1v) is 16.8. The smallest absolute Gasteiger partial charge is 0.199 e. The number of hydrogen-bond acceptors (Lipinski definition) is 6. The first kappa shape index (κ1) is 28.9. The average molecular weight is 654 g/mol. The molecule has 0 amide bonds. The third-order valence-corrected chi connectivity index (χ3v) is 9.35. The number of benzene rings is 6. The van der Waals surface area contributed by atoms with Crippen LogP contribution in [0, 0.1) is 0 Å². The summed E-state index contributed by atoms with van der Waals surface area (Å²) in [5.41, 5.74) is 9.70. The molecule has 0 radical (unpaired) electrons. The molecule has 0 bridgehead atoms. The Hall–Kier alpha value is -7.12. The van der Waals surface area contributed by atoms with Crippen molar-refractivity contribution in [1.82, 2.24) is 34.5 Å². The number of para-hydroxylation sites is 4. The maximum atomic E-state index is 4.97. The van der Waals surface area contributed by atoms with Crippen LogP contribution in [0.3, 0.4) is 0 Å². The summed E-state index contributed by atoms with van der Waals surface area (Å²) in [5.74, 6) is 1.37. The summed E-state index contributed by atoms with van der Waals surface area (Å²) in [6.45, 7) is 0. The summed E-state index contributed by atoms with van der Waals surface area (Å²) >= 11 is 0. The van der Waals surface area contributed by atoms with Crippen molar-refractivity contribution in [2.75, 3.05) is 0 Å². The minimum atomic E-state index is 0.412. The molecular formula is C44H27N7. The zero-order valence-corrected chi connectivity index (χ0v) is 27.2. The second kappa shape index (κ2) is 11.8. The van der Waals surface area contributed by atoms with Gasteiger partial charge in [0, 0.05) is 45.2 Å². The largest absolute Gasteiger partial charge is 0.309 e. The molecule has 10 aromatic rings. The van der Waals surface area contributed by atoms with Crippen molar-refractivity contribution in [1.29, 1.82) is 0 Å². The van der Waals surface area contributed by atoms with Gasteiger partial charge in [-0.1, -0.05) is 109 Å². The van der Waals surface area contributed by atoms with Crippen LogP contribution >= 0.6 is 0 Å². The van der Waals surface area contributed by atoms with Gasteiger partial charge in [-0.15, -0.1) is 0 Å². The molecule has 0 aliphatic carbocycles. The summed E-state index contributed by atoms with van der Waals surface area (Å²) in [7, 11) is 0. The van der Waals surface area contributed by atoms with E-state index < -0.39 is 0 Å². The molecular weight excluding hydrogens is 627 g/mol. The minimum Gasteiger partial charge on any atom is -0.309 e. The van der Waals surface area contributed by atoms with Gasteiger partial charge in [-0.25, -0.2) is 29.9 Å². The van der Waals surface area contributed by atoms with E-state index in [1.54, 1.807) is 6.20 Å². The van der Waals surface area contributed by atoms with E-state index in [-0.39, 0.29) is 0 Å². The van der Waals surface area contributed by atoms with Gasteiger partial charge < -0.3 is 4.57 Å². The second-order valence-corrected chi connectivity index (χ2v) is 12.5. The lowest BCUT2D eigenvalue weighted by Crippen LogP contribution is -2.01. The molecule has 0 aliphatic heterocycles. The highest BCUT2D eigenvalue weighted by Gasteiger charge is 2.16. The Kier molecular flexibility index (Phi) is 6.67. The standard InChI is InChI=1S/C44H27N7/c1-5-13-36-31(9-1)26-45-42(47-36)39-25-38(49-44(50-39)43-46-27-32-10-2-6-14-37(32)48-43)30-19-17-28(18-20-30)29-21-23-33(24-22-29)51-40-15-7-3-11-34(40)35-12-4-8-16-41(35)51/h1-27H. The second-order valence-electron chi connectivity index (χ2n) is 12.5. The summed E-state index contributed by atoms with van der Waals surface area (Å²) in [6.07, 6.45) is 3.63. The Balaban J connectivity index is 1.03. The molecule has 7 nitrogen and oxygen atoms in total. The molecule has 4 heterocycles. The van der Waals surface area contributed by atoms with Crippen LogP contribution in [0.5, 0.6) is 0 Å². The lowest BCUT2D eigenvalue weighted by molar-refractivity contribution is 1.08. The highest BCUT2D eigenvalue weighted by Crippen LogP contribution is 2.33. The lowest BCUT2D eigenvalue weighted by atomic mass is 10.0. The van der Waals surface area contributed by atoms with Gasteiger partial charge in [-0.05, 0) is 53.6 Å². The molecule has 7 heteroatoms.